The summed E-state index contributed by atoms with van der Waals surface area (Å²) in [6.07, 6.45) is 3.74. The van der Waals surface area contributed by atoms with Crippen molar-refractivity contribution in [2.45, 2.75) is 0 Å². The summed E-state index contributed by atoms with van der Waals surface area (Å²) in [5, 5.41) is 10.3. The average molecular weight is 220 g/mol. The van der Waals surface area contributed by atoms with Gasteiger partial charge >= 0.3 is 0 Å². The fourth-order valence-electron chi connectivity index (χ4n) is 2.01. The Kier molecular flexibility index (Phi) is 2.08. The molecule has 0 spiro atoms. The summed E-state index contributed by atoms with van der Waals surface area (Å²) in [6.45, 7) is 3.82. The first kappa shape index (κ1) is 9.85. The second-order valence-electron chi connectivity index (χ2n) is 4.09. The van der Waals surface area contributed by atoms with E-state index in [4.69, 9.17) is 5.41 Å². The molecule has 0 saturated carbocycles. The van der Waals surface area contributed by atoms with Crippen LogP contribution in [0.25, 0.3) is 10.8 Å². The molecule has 2 heteroatoms. The summed E-state index contributed by atoms with van der Waals surface area (Å²) in [6, 6.07) is 14.4. The molecule has 0 bridgehead atoms. The Hall–Kier alpha value is -2.35. The first-order valence-corrected chi connectivity index (χ1v) is 5.50. The van der Waals surface area contributed by atoms with Gasteiger partial charge < -0.3 is 4.90 Å². The highest BCUT2D eigenvalue weighted by Gasteiger charge is 2.16. The highest BCUT2D eigenvalue weighted by Crippen LogP contribution is 2.26. The number of nitrogens with zero attached hydrogens (tertiary/aromatic N) is 1. The number of amidine groups is 1. The van der Waals surface area contributed by atoms with Gasteiger partial charge in [0.1, 0.15) is 5.84 Å². The Morgan fingerprint density at radius 1 is 1.00 bits per heavy atom. The predicted octanol–water partition coefficient (Wildman–Crippen LogP) is 3.71. The first-order chi connectivity index (χ1) is 8.25. The van der Waals surface area contributed by atoms with Crippen LogP contribution in [0.5, 0.6) is 0 Å². The number of benzene rings is 2. The van der Waals surface area contributed by atoms with E-state index in [2.05, 4.69) is 30.8 Å². The molecular weight excluding hydrogens is 208 g/mol. The van der Waals surface area contributed by atoms with Gasteiger partial charge in [-0.25, -0.2) is 0 Å². The van der Waals surface area contributed by atoms with Crippen LogP contribution in [0.4, 0.5) is 5.69 Å². The van der Waals surface area contributed by atoms with Gasteiger partial charge in [0.25, 0.3) is 0 Å². The van der Waals surface area contributed by atoms with Crippen LogP contribution in [0.15, 0.2) is 66.9 Å². The molecule has 1 aliphatic rings. The molecule has 0 aliphatic carbocycles. The molecule has 3 rings (SSSR count). The van der Waals surface area contributed by atoms with E-state index in [9.17, 15) is 0 Å². The van der Waals surface area contributed by atoms with Crippen LogP contribution in [0.3, 0.4) is 0 Å². The van der Waals surface area contributed by atoms with E-state index in [0.717, 1.165) is 11.3 Å². The van der Waals surface area contributed by atoms with Crippen molar-refractivity contribution in [2.75, 3.05) is 4.90 Å². The third-order valence-electron chi connectivity index (χ3n) is 2.98. The smallest absolute Gasteiger partial charge is 0.136 e. The van der Waals surface area contributed by atoms with E-state index in [0.29, 0.717) is 5.84 Å². The van der Waals surface area contributed by atoms with Crippen LogP contribution in [-0.4, -0.2) is 5.84 Å². The number of hydrogen-bond donors (Lipinski definition) is 1. The maximum absolute atomic E-state index is 7.92. The molecule has 0 amide bonds. The average Bonchev–Trinajstić information content (AvgIpc) is 2.70. The lowest BCUT2D eigenvalue weighted by Gasteiger charge is -2.16. The van der Waals surface area contributed by atoms with Crippen LogP contribution in [0.2, 0.25) is 0 Å². The molecule has 1 heterocycles. The minimum atomic E-state index is 0.445. The van der Waals surface area contributed by atoms with Crippen molar-refractivity contribution in [3.05, 3.63) is 66.9 Å². The Labute approximate surface area is 100.0 Å². The van der Waals surface area contributed by atoms with E-state index in [1.54, 1.807) is 0 Å². The number of rotatable bonds is 1. The summed E-state index contributed by atoms with van der Waals surface area (Å²) in [7, 11) is 0. The van der Waals surface area contributed by atoms with Crippen LogP contribution >= 0.6 is 0 Å². The van der Waals surface area contributed by atoms with E-state index in [-0.39, 0.29) is 0 Å². The monoisotopic (exact) mass is 220 g/mol. The molecule has 0 aromatic heterocycles. The van der Waals surface area contributed by atoms with Crippen molar-refractivity contribution in [3.8, 4) is 0 Å². The summed E-state index contributed by atoms with van der Waals surface area (Å²) in [5.41, 5.74) is 1.75. The molecular formula is C15H12N2. The summed E-state index contributed by atoms with van der Waals surface area (Å²) in [5.74, 6) is 0.445. The molecule has 2 nitrogen and oxygen atoms in total. The molecule has 0 saturated heterocycles. The molecule has 0 fully saturated rings. The van der Waals surface area contributed by atoms with E-state index >= 15 is 0 Å². The molecule has 0 unspecified atom stereocenters. The number of anilines is 1. The topological polar surface area (TPSA) is 27.1 Å². The highest BCUT2D eigenvalue weighted by atomic mass is 15.2. The lowest BCUT2D eigenvalue weighted by Crippen LogP contribution is -2.19. The third kappa shape index (κ3) is 1.54. The third-order valence-corrected chi connectivity index (χ3v) is 2.98. The zero-order chi connectivity index (χ0) is 11.8. The van der Waals surface area contributed by atoms with E-state index in [1.165, 1.54) is 10.8 Å². The molecule has 17 heavy (non-hydrogen) atoms. The summed E-state index contributed by atoms with van der Waals surface area (Å²) >= 11 is 0. The van der Waals surface area contributed by atoms with Gasteiger partial charge in [0.05, 0.1) is 0 Å². The Morgan fingerprint density at radius 2 is 1.76 bits per heavy atom. The number of hydrogen-bond acceptors (Lipinski definition) is 1. The SMILES string of the molecule is C=C1C=CN(c2ccc3ccccc3c2)C1=N. The van der Waals surface area contributed by atoms with Gasteiger partial charge in [-0.05, 0) is 29.0 Å². The largest absolute Gasteiger partial charge is 0.302 e. The van der Waals surface area contributed by atoms with Crippen LogP contribution in [0, 0.1) is 5.41 Å². The molecule has 2 aromatic carbocycles. The van der Waals surface area contributed by atoms with Gasteiger partial charge in [-0.2, -0.15) is 0 Å². The molecule has 2 aromatic rings. The number of nitrogens with one attached hydrogen (secondary N) is 1. The maximum Gasteiger partial charge on any atom is 0.136 e. The van der Waals surface area contributed by atoms with Crippen molar-refractivity contribution in [3.63, 3.8) is 0 Å². The van der Waals surface area contributed by atoms with Crippen molar-refractivity contribution >= 4 is 22.3 Å². The predicted molar refractivity (Wildman–Crippen MR) is 72.4 cm³/mol. The minimum Gasteiger partial charge on any atom is -0.302 e. The quantitative estimate of drug-likeness (QED) is 0.779. The van der Waals surface area contributed by atoms with Crippen molar-refractivity contribution in [1.29, 1.82) is 5.41 Å². The molecule has 82 valence electrons. The fraction of sp³-hybridized carbons (Fsp3) is 0. The molecule has 1 aliphatic heterocycles. The molecule has 1 N–H and O–H groups in total. The van der Waals surface area contributed by atoms with Gasteiger partial charge in [0.15, 0.2) is 0 Å². The van der Waals surface area contributed by atoms with Crippen molar-refractivity contribution < 1.29 is 0 Å². The van der Waals surface area contributed by atoms with Crippen LogP contribution in [-0.2, 0) is 0 Å². The Balaban J connectivity index is 2.10. The first-order valence-electron chi connectivity index (χ1n) is 5.50. The van der Waals surface area contributed by atoms with Crippen molar-refractivity contribution in [2.24, 2.45) is 0 Å². The van der Waals surface area contributed by atoms with Gasteiger partial charge in [0, 0.05) is 17.5 Å². The minimum absolute atomic E-state index is 0.445. The summed E-state index contributed by atoms with van der Waals surface area (Å²) in [4.78, 5) is 1.84. The Morgan fingerprint density at radius 3 is 2.47 bits per heavy atom. The standard InChI is InChI=1S/C15H12N2/c1-11-8-9-17(15(11)16)14-7-6-12-4-2-3-5-13(12)10-14/h2-10,16H,1H2. The highest BCUT2D eigenvalue weighted by molar-refractivity contribution is 6.13. The second-order valence-corrected chi connectivity index (χ2v) is 4.09. The lowest BCUT2D eigenvalue weighted by atomic mass is 10.1. The van der Waals surface area contributed by atoms with E-state index in [1.807, 2.05) is 35.4 Å². The van der Waals surface area contributed by atoms with Gasteiger partial charge in [0.2, 0.25) is 0 Å². The van der Waals surface area contributed by atoms with Gasteiger partial charge in [-0.15, -0.1) is 0 Å². The maximum atomic E-state index is 7.92. The lowest BCUT2D eigenvalue weighted by molar-refractivity contribution is 1.33. The van der Waals surface area contributed by atoms with Gasteiger partial charge in [-0.3, -0.25) is 5.41 Å². The zero-order valence-corrected chi connectivity index (χ0v) is 9.35. The normalized spacial score (nSPS) is 14.9. The summed E-state index contributed by atoms with van der Waals surface area (Å²) < 4.78 is 0. The van der Waals surface area contributed by atoms with Crippen LogP contribution < -0.4 is 4.90 Å². The van der Waals surface area contributed by atoms with Crippen LogP contribution in [0.1, 0.15) is 0 Å². The Bertz CT molecular complexity index is 653. The van der Waals surface area contributed by atoms with Gasteiger partial charge in [-0.1, -0.05) is 36.9 Å². The van der Waals surface area contributed by atoms with Crippen molar-refractivity contribution in [1.82, 2.24) is 0 Å². The second kappa shape index (κ2) is 3.59. The van der Waals surface area contributed by atoms with E-state index < -0.39 is 0 Å². The fourth-order valence-corrected chi connectivity index (χ4v) is 2.01. The number of fused-ring (bicyclic) bond motifs is 1. The molecule has 0 atom stereocenters. The zero-order valence-electron chi connectivity index (χ0n) is 9.35. The molecule has 0 radical (unpaired) electrons.